The maximum atomic E-state index is 5.92. The van der Waals surface area contributed by atoms with Crippen LogP contribution >= 0.6 is 0 Å². The van der Waals surface area contributed by atoms with Crippen molar-refractivity contribution < 1.29 is 4.74 Å². The first kappa shape index (κ1) is 12.3. The Kier molecular flexibility index (Phi) is 4.83. The number of hydrogen-bond acceptors (Lipinski definition) is 1. The van der Waals surface area contributed by atoms with Gasteiger partial charge in [0.1, 0.15) is 0 Å². The van der Waals surface area contributed by atoms with Gasteiger partial charge in [0.25, 0.3) is 0 Å². The fraction of sp³-hybridized carbons (Fsp3) is 0.571. The van der Waals surface area contributed by atoms with E-state index in [1.165, 1.54) is 5.56 Å². The second kappa shape index (κ2) is 5.92. The molecule has 84 valence electrons. The van der Waals surface area contributed by atoms with Crippen LogP contribution in [0.25, 0.3) is 0 Å². The Bertz CT molecular complexity index is 264. The molecule has 0 radical (unpaired) electrons. The van der Waals surface area contributed by atoms with Gasteiger partial charge in [0, 0.05) is 0 Å². The number of ether oxygens (including phenoxy) is 1. The van der Waals surface area contributed by atoms with Crippen molar-refractivity contribution in [2.24, 2.45) is 5.92 Å². The minimum atomic E-state index is 0.307. The van der Waals surface area contributed by atoms with Crippen LogP contribution in [0.15, 0.2) is 30.3 Å². The summed E-state index contributed by atoms with van der Waals surface area (Å²) in [4.78, 5) is 0. The van der Waals surface area contributed by atoms with Crippen molar-refractivity contribution in [3.63, 3.8) is 0 Å². The zero-order valence-corrected chi connectivity index (χ0v) is 10.2. The van der Waals surface area contributed by atoms with Gasteiger partial charge < -0.3 is 4.74 Å². The highest BCUT2D eigenvalue weighted by molar-refractivity contribution is 5.15. The van der Waals surface area contributed by atoms with E-state index in [9.17, 15) is 0 Å². The molecule has 0 amide bonds. The van der Waals surface area contributed by atoms with Gasteiger partial charge in [-0.2, -0.15) is 0 Å². The molecule has 1 unspecified atom stereocenters. The molecule has 0 saturated heterocycles. The van der Waals surface area contributed by atoms with Crippen molar-refractivity contribution in [2.45, 2.75) is 46.3 Å². The quantitative estimate of drug-likeness (QED) is 0.714. The Balaban J connectivity index is 2.59. The molecule has 0 aliphatic rings. The van der Waals surface area contributed by atoms with Crippen molar-refractivity contribution in [1.82, 2.24) is 0 Å². The van der Waals surface area contributed by atoms with Crippen LogP contribution in [-0.4, -0.2) is 12.2 Å². The number of rotatable bonds is 5. The SMILES string of the molecule is CC(C)OC(Cc1ccccc1)C(C)C. The second-order valence-corrected chi connectivity index (χ2v) is 4.66. The average Bonchev–Trinajstić information content (AvgIpc) is 2.17. The summed E-state index contributed by atoms with van der Waals surface area (Å²) in [5.74, 6) is 0.563. The molecule has 15 heavy (non-hydrogen) atoms. The van der Waals surface area contributed by atoms with Gasteiger partial charge in [-0.25, -0.2) is 0 Å². The fourth-order valence-electron chi connectivity index (χ4n) is 1.64. The Morgan fingerprint density at radius 3 is 2.07 bits per heavy atom. The van der Waals surface area contributed by atoms with Gasteiger partial charge in [-0.15, -0.1) is 0 Å². The third-order valence-corrected chi connectivity index (χ3v) is 2.47. The highest BCUT2D eigenvalue weighted by Gasteiger charge is 2.15. The zero-order chi connectivity index (χ0) is 11.3. The van der Waals surface area contributed by atoms with Crippen LogP contribution in [-0.2, 0) is 11.2 Å². The number of benzene rings is 1. The Labute approximate surface area is 93.5 Å². The number of hydrogen-bond donors (Lipinski definition) is 0. The molecule has 0 N–H and O–H groups in total. The topological polar surface area (TPSA) is 9.23 Å². The van der Waals surface area contributed by atoms with Crippen LogP contribution in [0.3, 0.4) is 0 Å². The van der Waals surface area contributed by atoms with Gasteiger partial charge in [-0.1, -0.05) is 44.2 Å². The highest BCUT2D eigenvalue weighted by atomic mass is 16.5. The van der Waals surface area contributed by atoms with E-state index in [0.717, 1.165) is 6.42 Å². The standard InChI is InChI=1S/C14H22O/c1-11(2)14(15-12(3)4)10-13-8-6-5-7-9-13/h5-9,11-12,14H,10H2,1-4H3. The smallest absolute Gasteiger partial charge is 0.0641 e. The first-order valence-electron chi connectivity index (χ1n) is 5.79. The minimum absolute atomic E-state index is 0.307. The summed E-state index contributed by atoms with van der Waals surface area (Å²) in [5, 5.41) is 0. The second-order valence-electron chi connectivity index (χ2n) is 4.66. The van der Waals surface area contributed by atoms with Crippen molar-refractivity contribution in [2.75, 3.05) is 0 Å². The van der Waals surface area contributed by atoms with E-state index >= 15 is 0 Å². The zero-order valence-electron chi connectivity index (χ0n) is 10.2. The van der Waals surface area contributed by atoms with Crippen molar-refractivity contribution in [3.05, 3.63) is 35.9 Å². The Morgan fingerprint density at radius 2 is 1.60 bits per heavy atom. The highest BCUT2D eigenvalue weighted by Crippen LogP contribution is 2.15. The summed E-state index contributed by atoms with van der Waals surface area (Å²) in [6, 6.07) is 10.6. The monoisotopic (exact) mass is 206 g/mol. The van der Waals surface area contributed by atoms with E-state index in [2.05, 4.69) is 58.0 Å². The predicted octanol–water partition coefficient (Wildman–Crippen LogP) is 3.68. The summed E-state index contributed by atoms with van der Waals surface area (Å²) in [5.41, 5.74) is 1.36. The lowest BCUT2D eigenvalue weighted by atomic mass is 9.99. The molecule has 0 bridgehead atoms. The summed E-state index contributed by atoms with van der Waals surface area (Å²) in [7, 11) is 0. The molecule has 1 rings (SSSR count). The summed E-state index contributed by atoms with van der Waals surface area (Å²) >= 11 is 0. The molecule has 0 heterocycles. The summed E-state index contributed by atoms with van der Waals surface area (Å²) < 4.78 is 5.92. The normalized spacial score (nSPS) is 13.5. The van der Waals surface area contributed by atoms with Crippen LogP contribution in [0.1, 0.15) is 33.3 Å². The third kappa shape index (κ3) is 4.48. The summed E-state index contributed by atoms with van der Waals surface area (Å²) in [6.07, 6.45) is 1.64. The molecule has 1 nitrogen and oxygen atoms in total. The average molecular weight is 206 g/mol. The van der Waals surface area contributed by atoms with Crippen LogP contribution in [0.5, 0.6) is 0 Å². The lowest BCUT2D eigenvalue weighted by molar-refractivity contribution is -0.0174. The molecule has 1 atom stereocenters. The van der Waals surface area contributed by atoms with E-state index in [0.29, 0.717) is 18.1 Å². The molecule has 1 heteroatoms. The fourth-order valence-corrected chi connectivity index (χ4v) is 1.64. The van der Waals surface area contributed by atoms with Gasteiger partial charge in [0.2, 0.25) is 0 Å². The van der Waals surface area contributed by atoms with Gasteiger partial charge in [-0.3, -0.25) is 0 Å². The molecule has 1 aromatic carbocycles. The lowest BCUT2D eigenvalue weighted by Crippen LogP contribution is -2.25. The third-order valence-electron chi connectivity index (χ3n) is 2.47. The van der Waals surface area contributed by atoms with Crippen LogP contribution in [0.2, 0.25) is 0 Å². The molecule has 0 spiro atoms. The van der Waals surface area contributed by atoms with Crippen LogP contribution < -0.4 is 0 Å². The van der Waals surface area contributed by atoms with E-state index in [-0.39, 0.29) is 0 Å². The molecule has 0 aromatic heterocycles. The molecule has 0 aliphatic heterocycles. The first-order valence-corrected chi connectivity index (χ1v) is 5.79. The molecular weight excluding hydrogens is 184 g/mol. The largest absolute Gasteiger partial charge is 0.375 e. The van der Waals surface area contributed by atoms with Crippen LogP contribution in [0.4, 0.5) is 0 Å². The lowest BCUT2D eigenvalue weighted by Gasteiger charge is -2.24. The molecular formula is C14H22O. The van der Waals surface area contributed by atoms with Gasteiger partial charge in [-0.05, 0) is 31.7 Å². The molecule has 1 aromatic rings. The maximum absolute atomic E-state index is 5.92. The predicted molar refractivity (Wildman–Crippen MR) is 65.0 cm³/mol. The first-order chi connectivity index (χ1) is 7.09. The molecule has 0 fully saturated rings. The van der Waals surface area contributed by atoms with Crippen molar-refractivity contribution in [3.8, 4) is 0 Å². The van der Waals surface area contributed by atoms with Gasteiger partial charge in [0.05, 0.1) is 12.2 Å². The van der Waals surface area contributed by atoms with Crippen molar-refractivity contribution in [1.29, 1.82) is 0 Å². The Morgan fingerprint density at radius 1 is 1.00 bits per heavy atom. The molecule has 0 aliphatic carbocycles. The van der Waals surface area contributed by atoms with Crippen LogP contribution in [0, 0.1) is 5.92 Å². The van der Waals surface area contributed by atoms with E-state index in [1.54, 1.807) is 0 Å². The Hall–Kier alpha value is -0.820. The van der Waals surface area contributed by atoms with E-state index < -0.39 is 0 Å². The minimum Gasteiger partial charge on any atom is -0.375 e. The van der Waals surface area contributed by atoms with E-state index in [1.807, 2.05) is 0 Å². The van der Waals surface area contributed by atoms with E-state index in [4.69, 9.17) is 4.74 Å². The maximum Gasteiger partial charge on any atom is 0.0641 e. The van der Waals surface area contributed by atoms with Gasteiger partial charge >= 0.3 is 0 Å². The summed E-state index contributed by atoms with van der Waals surface area (Å²) in [6.45, 7) is 8.63. The van der Waals surface area contributed by atoms with Gasteiger partial charge in [0.15, 0.2) is 0 Å². The van der Waals surface area contributed by atoms with Crippen molar-refractivity contribution >= 4 is 0 Å². The molecule has 0 saturated carbocycles.